The zero-order chi connectivity index (χ0) is 18.0. The van der Waals surface area contributed by atoms with Crippen LogP contribution in [0.3, 0.4) is 0 Å². The number of H-pyrrole nitrogens is 1. The Bertz CT molecular complexity index is 898. The lowest BCUT2D eigenvalue weighted by Gasteiger charge is -2.09. The number of nitrogens with one attached hydrogen (secondary N) is 1. The third-order valence-electron chi connectivity index (χ3n) is 3.55. The van der Waals surface area contributed by atoms with Gasteiger partial charge < -0.3 is 14.5 Å². The molecular formula is C18H14F3NO3. The first-order valence-corrected chi connectivity index (χ1v) is 7.53. The number of benzene rings is 2. The van der Waals surface area contributed by atoms with Crippen molar-refractivity contribution < 1.29 is 27.4 Å². The predicted molar refractivity (Wildman–Crippen MR) is 85.8 cm³/mol. The van der Waals surface area contributed by atoms with Gasteiger partial charge in [-0.05, 0) is 37.3 Å². The van der Waals surface area contributed by atoms with E-state index in [2.05, 4.69) is 4.98 Å². The molecule has 3 aromatic rings. The zero-order valence-electron chi connectivity index (χ0n) is 13.2. The molecule has 0 spiro atoms. The van der Waals surface area contributed by atoms with Crippen molar-refractivity contribution in [1.29, 1.82) is 0 Å². The number of fused-ring (bicyclic) bond motifs is 1. The maximum Gasteiger partial charge on any atom is 0.416 e. The van der Waals surface area contributed by atoms with E-state index in [1.54, 1.807) is 31.2 Å². The minimum absolute atomic E-state index is 0.124. The summed E-state index contributed by atoms with van der Waals surface area (Å²) in [6.07, 6.45) is -4.42. The number of carbonyl (C=O) groups is 1. The smallest absolute Gasteiger partial charge is 0.416 e. The van der Waals surface area contributed by atoms with Crippen molar-refractivity contribution in [2.75, 3.05) is 6.61 Å². The van der Waals surface area contributed by atoms with Crippen molar-refractivity contribution in [2.45, 2.75) is 13.1 Å². The van der Waals surface area contributed by atoms with Crippen molar-refractivity contribution in [3.05, 3.63) is 59.7 Å². The Morgan fingerprint density at radius 2 is 1.76 bits per heavy atom. The fourth-order valence-corrected chi connectivity index (χ4v) is 2.43. The van der Waals surface area contributed by atoms with Gasteiger partial charge in [-0.2, -0.15) is 13.2 Å². The van der Waals surface area contributed by atoms with E-state index in [-0.39, 0.29) is 23.8 Å². The van der Waals surface area contributed by atoms with Crippen molar-refractivity contribution in [2.24, 2.45) is 0 Å². The van der Waals surface area contributed by atoms with Crippen LogP contribution < -0.4 is 4.74 Å². The second kappa shape index (κ2) is 6.51. The van der Waals surface area contributed by atoms with E-state index in [1.165, 1.54) is 12.1 Å². The topological polar surface area (TPSA) is 51.3 Å². The number of aromatic amines is 1. The first-order valence-electron chi connectivity index (χ1n) is 7.53. The van der Waals surface area contributed by atoms with Gasteiger partial charge >= 0.3 is 12.1 Å². The maximum absolute atomic E-state index is 12.6. The van der Waals surface area contributed by atoms with Crippen LogP contribution >= 0.6 is 0 Å². The highest BCUT2D eigenvalue weighted by Gasteiger charge is 2.30. The van der Waals surface area contributed by atoms with Gasteiger partial charge in [-0.25, -0.2) is 4.79 Å². The molecule has 0 aliphatic carbocycles. The van der Waals surface area contributed by atoms with E-state index in [4.69, 9.17) is 9.47 Å². The SMILES string of the molecule is CCOC(=O)c1c(Oc2ccc(C(F)(F)F)cc2)[nH]c2ccccc12. The van der Waals surface area contributed by atoms with Crippen molar-refractivity contribution in [3.63, 3.8) is 0 Å². The van der Waals surface area contributed by atoms with Crippen molar-refractivity contribution in [1.82, 2.24) is 4.98 Å². The van der Waals surface area contributed by atoms with E-state index in [9.17, 15) is 18.0 Å². The number of para-hydroxylation sites is 1. The summed E-state index contributed by atoms with van der Waals surface area (Å²) in [6, 6.07) is 11.3. The number of ether oxygens (including phenoxy) is 2. The lowest BCUT2D eigenvalue weighted by Crippen LogP contribution is -2.06. The largest absolute Gasteiger partial charge is 0.462 e. The summed E-state index contributed by atoms with van der Waals surface area (Å²) in [7, 11) is 0. The van der Waals surface area contributed by atoms with E-state index in [0.717, 1.165) is 12.1 Å². The fourth-order valence-electron chi connectivity index (χ4n) is 2.43. The first-order chi connectivity index (χ1) is 11.9. The summed E-state index contributed by atoms with van der Waals surface area (Å²) >= 11 is 0. The van der Waals surface area contributed by atoms with Gasteiger partial charge in [0.25, 0.3) is 0 Å². The first kappa shape index (κ1) is 16.9. The molecule has 0 aliphatic rings. The Morgan fingerprint density at radius 3 is 2.40 bits per heavy atom. The standard InChI is InChI=1S/C18H14F3NO3/c1-2-24-17(23)15-13-5-3-4-6-14(13)22-16(15)25-12-9-7-11(8-10-12)18(19,20)21/h3-10,22H,2H2,1H3. The zero-order valence-corrected chi connectivity index (χ0v) is 13.2. The van der Waals surface area contributed by atoms with Gasteiger partial charge in [0.15, 0.2) is 0 Å². The summed E-state index contributed by atoms with van der Waals surface area (Å²) in [6.45, 7) is 1.88. The second-order valence-corrected chi connectivity index (χ2v) is 5.22. The highest BCUT2D eigenvalue weighted by molar-refractivity contribution is 6.06. The molecular weight excluding hydrogens is 335 g/mol. The summed E-state index contributed by atoms with van der Waals surface area (Å²) in [5.74, 6) is -0.272. The predicted octanol–water partition coefficient (Wildman–Crippen LogP) is 5.16. The number of hydrogen-bond acceptors (Lipinski definition) is 3. The average molecular weight is 349 g/mol. The molecule has 25 heavy (non-hydrogen) atoms. The van der Waals surface area contributed by atoms with E-state index in [1.807, 2.05) is 0 Å². The van der Waals surface area contributed by atoms with Crippen LogP contribution in [0, 0.1) is 0 Å². The second-order valence-electron chi connectivity index (χ2n) is 5.22. The van der Waals surface area contributed by atoms with Gasteiger partial charge in [0, 0.05) is 10.9 Å². The number of halogens is 3. The molecule has 0 unspecified atom stereocenters. The molecule has 1 heterocycles. The van der Waals surface area contributed by atoms with Crippen LogP contribution in [0.5, 0.6) is 11.6 Å². The van der Waals surface area contributed by atoms with Crippen LogP contribution in [0.2, 0.25) is 0 Å². The number of esters is 1. The third kappa shape index (κ3) is 3.45. The van der Waals surface area contributed by atoms with Crippen LogP contribution in [-0.4, -0.2) is 17.6 Å². The molecule has 0 atom stereocenters. The monoisotopic (exact) mass is 349 g/mol. The minimum atomic E-state index is -4.42. The molecule has 0 bridgehead atoms. The van der Waals surface area contributed by atoms with Crippen LogP contribution in [0.4, 0.5) is 13.2 Å². The Hall–Kier alpha value is -2.96. The summed E-state index contributed by atoms with van der Waals surface area (Å²) in [5, 5.41) is 0.614. The number of carbonyl (C=O) groups excluding carboxylic acids is 1. The number of alkyl halides is 3. The minimum Gasteiger partial charge on any atom is -0.462 e. The Labute approximate surface area is 141 Å². The molecule has 130 valence electrons. The molecule has 1 N–H and O–H groups in total. The Morgan fingerprint density at radius 1 is 1.08 bits per heavy atom. The third-order valence-corrected chi connectivity index (χ3v) is 3.55. The number of aromatic nitrogens is 1. The molecule has 0 aliphatic heterocycles. The maximum atomic E-state index is 12.6. The molecule has 3 rings (SSSR count). The number of hydrogen-bond donors (Lipinski definition) is 1. The van der Waals surface area contributed by atoms with E-state index < -0.39 is 17.7 Å². The fraction of sp³-hybridized carbons (Fsp3) is 0.167. The quantitative estimate of drug-likeness (QED) is 0.662. The van der Waals surface area contributed by atoms with Crippen LogP contribution in [0.1, 0.15) is 22.8 Å². The Kier molecular flexibility index (Phi) is 4.39. The lowest BCUT2D eigenvalue weighted by atomic mass is 10.1. The molecule has 0 fully saturated rings. The highest BCUT2D eigenvalue weighted by Crippen LogP contribution is 2.34. The lowest BCUT2D eigenvalue weighted by molar-refractivity contribution is -0.137. The van der Waals surface area contributed by atoms with Gasteiger partial charge in [0.1, 0.15) is 11.3 Å². The molecule has 0 radical (unpaired) electrons. The van der Waals surface area contributed by atoms with Gasteiger partial charge in [-0.15, -0.1) is 0 Å². The highest BCUT2D eigenvalue weighted by atomic mass is 19.4. The summed E-state index contributed by atoms with van der Waals surface area (Å²) < 4.78 is 48.6. The number of rotatable bonds is 4. The van der Waals surface area contributed by atoms with Crippen LogP contribution in [0.25, 0.3) is 10.9 Å². The van der Waals surface area contributed by atoms with Gasteiger partial charge in [0.05, 0.1) is 12.2 Å². The van der Waals surface area contributed by atoms with Crippen molar-refractivity contribution in [3.8, 4) is 11.6 Å². The molecule has 0 amide bonds. The molecule has 0 saturated carbocycles. The van der Waals surface area contributed by atoms with E-state index in [0.29, 0.717) is 10.9 Å². The molecule has 4 nitrogen and oxygen atoms in total. The van der Waals surface area contributed by atoms with Crippen LogP contribution in [0.15, 0.2) is 48.5 Å². The normalized spacial score (nSPS) is 11.5. The molecule has 7 heteroatoms. The van der Waals surface area contributed by atoms with E-state index >= 15 is 0 Å². The van der Waals surface area contributed by atoms with Gasteiger partial charge in [0.2, 0.25) is 5.88 Å². The molecule has 1 aromatic heterocycles. The van der Waals surface area contributed by atoms with Crippen molar-refractivity contribution >= 4 is 16.9 Å². The van der Waals surface area contributed by atoms with Gasteiger partial charge in [-0.3, -0.25) is 0 Å². The summed E-state index contributed by atoms with van der Waals surface area (Å²) in [4.78, 5) is 15.2. The van der Waals surface area contributed by atoms with Crippen LogP contribution in [-0.2, 0) is 10.9 Å². The average Bonchev–Trinajstić information content (AvgIpc) is 2.92. The van der Waals surface area contributed by atoms with Gasteiger partial charge in [-0.1, -0.05) is 18.2 Å². The molecule has 2 aromatic carbocycles. The molecule has 0 saturated heterocycles. The Balaban J connectivity index is 1.98. The summed E-state index contributed by atoms with van der Waals surface area (Å²) in [5.41, 5.74) is 0.0897.